The van der Waals surface area contributed by atoms with Crippen molar-refractivity contribution in [2.45, 2.75) is 67.9 Å². The Bertz CT molecular complexity index is 1100. The summed E-state index contributed by atoms with van der Waals surface area (Å²) in [6.45, 7) is 5.96. The first-order valence-corrected chi connectivity index (χ1v) is 11.3. The van der Waals surface area contributed by atoms with E-state index >= 15 is 0 Å². The Balaban J connectivity index is 1.86. The fourth-order valence-corrected chi connectivity index (χ4v) is 5.95. The quantitative estimate of drug-likeness (QED) is 0.438. The molecular formula is C24H24Cl2O5. The van der Waals surface area contributed by atoms with Gasteiger partial charge < -0.3 is 14.6 Å². The van der Waals surface area contributed by atoms with Crippen molar-refractivity contribution in [1.29, 1.82) is 0 Å². The average molecular weight is 463 g/mol. The number of carbonyl (C=O) groups is 2. The molecule has 7 aliphatic rings. The average Bonchev–Trinajstić information content (AvgIpc) is 2.73. The first kappa shape index (κ1) is 21.0. The number of allylic oxidation sites excluding steroid dienone is 2. The Labute approximate surface area is 191 Å². The molecule has 1 saturated heterocycles. The second-order valence-electron chi connectivity index (χ2n) is 9.57. The highest BCUT2D eigenvalue weighted by Crippen LogP contribution is 2.57. The normalized spacial score (nSPS) is 33.6. The van der Waals surface area contributed by atoms with Gasteiger partial charge in [0.2, 0.25) is 0 Å². The molecule has 1 aromatic rings. The molecule has 3 aliphatic heterocycles. The van der Waals surface area contributed by atoms with Crippen LogP contribution in [-0.2, 0) is 11.2 Å². The van der Waals surface area contributed by atoms with Gasteiger partial charge in [0.05, 0.1) is 16.5 Å². The summed E-state index contributed by atoms with van der Waals surface area (Å²) in [7, 11) is 0. The lowest BCUT2D eigenvalue weighted by Crippen LogP contribution is -2.72. The molecule has 1 fully saturated rings. The van der Waals surface area contributed by atoms with Crippen molar-refractivity contribution in [1.82, 2.24) is 0 Å². The van der Waals surface area contributed by atoms with Gasteiger partial charge in [-0.2, -0.15) is 0 Å². The number of hydrogen-bond acceptors (Lipinski definition) is 5. The summed E-state index contributed by atoms with van der Waals surface area (Å²) in [6.07, 6.45) is 5.30. The molecule has 0 amide bonds. The number of Topliss-reactive ketones (excluding diaryl/α,β-unsaturated/α-hetero) is 2. The van der Waals surface area contributed by atoms with E-state index in [2.05, 4.69) is 6.08 Å². The van der Waals surface area contributed by atoms with Crippen LogP contribution in [0.25, 0.3) is 0 Å². The second-order valence-corrected chi connectivity index (χ2v) is 10.7. The van der Waals surface area contributed by atoms with Gasteiger partial charge in [-0.25, -0.2) is 0 Å². The Morgan fingerprint density at radius 2 is 1.94 bits per heavy atom. The maximum atomic E-state index is 14.1. The van der Waals surface area contributed by atoms with Gasteiger partial charge in [0.1, 0.15) is 23.0 Å². The highest BCUT2D eigenvalue weighted by atomic mass is 35.5. The van der Waals surface area contributed by atoms with Crippen LogP contribution in [0.4, 0.5) is 0 Å². The van der Waals surface area contributed by atoms with Crippen LogP contribution in [0, 0.1) is 0 Å². The van der Waals surface area contributed by atoms with E-state index in [-0.39, 0.29) is 29.7 Å². The fraction of sp³-hybridized carbons (Fsp3) is 0.500. The van der Waals surface area contributed by atoms with Gasteiger partial charge in [-0.05, 0) is 45.3 Å². The third kappa shape index (κ3) is 2.73. The number of fused-ring (bicyclic) bond motifs is 1. The van der Waals surface area contributed by atoms with Crippen molar-refractivity contribution >= 4 is 34.8 Å². The number of hydrogen-bond donors (Lipinski definition) is 1. The van der Waals surface area contributed by atoms with Gasteiger partial charge >= 0.3 is 0 Å². The lowest BCUT2D eigenvalue weighted by atomic mass is 9.63. The topological polar surface area (TPSA) is 72.8 Å². The summed E-state index contributed by atoms with van der Waals surface area (Å²) in [5.74, 6) is -0.755. The molecular weight excluding hydrogens is 439 g/mol. The maximum Gasteiger partial charge on any atom is 0.198 e. The van der Waals surface area contributed by atoms with Gasteiger partial charge in [0, 0.05) is 24.0 Å². The molecule has 0 unspecified atom stereocenters. The number of aromatic hydroxyl groups is 1. The van der Waals surface area contributed by atoms with E-state index in [1.165, 1.54) is 0 Å². The number of rotatable bonds is 0. The van der Waals surface area contributed by atoms with Crippen LogP contribution in [-0.4, -0.2) is 44.7 Å². The van der Waals surface area contributed by atoms with Crippen molar-refractivity contribution in [2.24, 2.45) is 0 Å². The van der Waals surface area contributed by atoms with Crippen LogP contribution < -0.4 is 4.74 Å². The van der Waals surface area contributed by atoms with Gasteiger partial charge in [0.25, 0.3) is 0 Å². The largest absolute Gasteiger partial charge is 0.507 e. The van der Waals surface area contributed by atoms with Crippen LogP contribution >= 0.6 is 23.2 Å². The number of carbonyl (C=O) groups excluding carboxylic acids is 2. The Morgan fingerprint density at radius 1 is 1.19 bits per heavy atom. The summed E-state index contributed by atoms with van der Waals surface area (Å²) in [5.41, 5.74) is 0.0763. The molecule has 4 aliphatic carbocycles. The van der Waals surface area contributed by atoms with Gasteiger partial charge in [-0.3, -0.25) is 9.59 Å². The van der Waals surface area contributed by atoms with E-state index in [1.54, 1.807) is 19.9 Å². The zero-order chi connectivity index (χ0) is 22.3. The lowest BCUT2D eigenvalue weighted by Gasteiger charge is -2.56. The number of phenols is 1. The summed E-state index contributed by atoms with van der Waals surface area (Å²) in [5, 5.41) is 10.5. The van der Waals surface area contributed by atoms with Crippen LogP contribution in [0.15, 0.2) is 29.4 Å². The predicted octanol–water partition coefficient (Wildman–Crippen LogP) is 4.90. The SMILES string of the molecule is CC1=CC[C@@]23OC(C)(C)[C@H](Cl)C[C@]2(Cl)C(=O)c2c(cc4c(c2O)CC(=CC1)CO4)C3=O. The standard InChI is InChI=1S/C24H24Cl2O5/c1-12-4-5-13-8-14-16(30-11-13)9-15-18(19(14)27)21(29)23(26)10-17(25)22(2,3)31-24(23,7-6-12)20(15)28/h5-6,9,17,27H,4,7-8,10-11H2,1-3H3/t17-,23+,24+/m1/s1. The molecule has 0 radical (unpaired) electrons. The molecule has 8 rings (SSSR count). The third-order valence-electron chi connectivity index (χ3n) is 7.12. The van der Waals surface area contributed by atoms with Crippen LogP contribution in [0.3, 0.4) is 0 Å². The fourth-order valence-electron chi connectivity index (χ4n) is 5.15. The Morgan fingerprint density at radius 3 is 2.68 bits per heavy atom. The van der Waals surface area contributed by atoms with Crippen molar-refractivity contribution in [3.05, 3.63) is 46.1 Å². The van der Waals surface area contributed by atoms with Gasteiger partial charge in [0.15, 0.2) is 17.2 Å². The molecule has 6 bridgehead atoms. The first-order chi connectivity index (χ1) is 14.5. The van der Waals surface area contributed by atoms with Crippen molar-refractivity contribution < 1.29 is 24.2 Å². The number of ether oxygens (including phenoxy) is 2. The summed E-state index contributed by atoms with van der Waals surface area (Å²) in [6, 6.07) is 1.57. The highest BCUT2D eigenvalue weighted by Gasteiger charge is 2.70. The van der Waals surface area contributed by atoms with Crippen LogP contribution in [0.5, 0.6) is 11.5 Å². The second kappa shape index (κ2) is 6.60. The molecule has 1 spiro atoms. The third-order valence-corrected chi connectivity index (χ3v) is 8.43. The molecule has 3 atom stereocenters. The van der Waals surface area contributed by atoms with Crippen molar-refractivity contribution in [3.63, 3.8) is 0 Å². The minimum atomic E-state index is -1.72. The molecule has 1 N–H and O–H groups in total. The van der Waals surface area contributed by atoms with E-state index in [0.29, 0.717) is 30.8 Å². The molecule has 0 aromatic heterocycles. The zero-order valence-electron chi connectivity index (χ0n) is 17.7. The number of alkyl halides is 2. The summed E-state index contributed by atoms with van der Waals surface area (Å²) >= 11 is 13.6. The predicted molar refractivity (Wildman–Crippen MR) is 118 cm³/mol. The van der Waals surface area contributed by atoms with Gasteiger partial charge in [-0.1, -0.05) is 17.7 Å². The minimum absolute atomic E-state index is 0.0497. The molecule has 0 saturated carbocycles. The minimum Gasteiger partial charge on any atom is -0.507 e. The van der Waals surface area contributed by atoms with Crippen LogP contribution in [0.1, 0.15) is 66.3 Å². The smallest absolute Gasteiger partial charge is 0.198 e. The molecule has 31 heavy (non-hydrogen) atoms. The van der Waals surface area contributed by atoms with E-state index in [9.17, 15) is 14.7 Å². The monoisotopic (exact) mass is 462 g/mol. The Hall–Kier alpha value is -1.82. The van der Waals surface area contributed by atoms with E-state index in [4.69, 9.17) is 32.7 Å². The maximum absolute atomic E-state index is 14.1. The summed E-state index contributed by atoms with van der Waals surface area (Å²) < 4.78 is 12.3. The molecule has 3 heterocycles. The van der Waals surface area contributed by atoms with Crippen molar-refractivity contribution in [3.8, 4) is 11.5 Å². The van der Waals surface area contributed by atoms with E-state index in [0.717, 1.165) is 11.1 Å². The lowest BCUT2D eigenvalue weighted by molar-refractivity contribution is -0.157. The van der Waals surface area contributed by atoms with E-state index in [1.807, 2.05) is 13.0 Å². The molecule has 5 nitrogen and oxygen atoms in total. The number of ketones is 2. The molecule has 1 aromatic carbocycles. The molecule has 7 heteroatoms. The highest BCUT2D eigenvalue weighted by molar-refractivity contribution is 6.45. The number of halogens is 2. The number of benzene rings is 1. The van der Waals surface area contributed by atoms with Crippen molar-refractivity contribution in [2.75, 3.05) is 6.61 Å². The zero-order valence-corrected chi connectivity index (χ0v) is 19.2. The van der Waals surface area contributed by atoms with Crippen LogP contribution in [0.2, 0.25) is 0 Å². The first-order valence-electron chi connectivity index (χ1n) is 10.5. The summed E-state index contributed by atoms with van der Waals surface area (Å²) in [4.78, 5) is 26.2. The number of phenolic OH excluding ortho intramolecular Hbond substituents is 1. The van der Waals surface area contributed by atoms with E-state index < -0.39 is 33.0 Å². The Kier molecular flexibility index (Phi) is 4.48. The molecule has 164 valence electrons. The van der Waals surface area contributed by atoms with Gasteiger partial charge in [-0.15, -0.1) is 23.2 Å².